The first-order chi connectivity index (χ1) is 15.4. The first-order valence-corrected chi connectivity index (χ1v) is 11.7. The minimum atomic E-state index is -1.73. The number of carbonyl (C=O) groups is 4. The van der Waals surface area contributed by atoms with E-state index in [1.807, 2.05) is 13.0 Å². The zero-order valence-corrected chi connectivity index (χ0v) is 19.1. The van der Waals surface area contributed by atoms with Gasteiger partial charge in [-0.3, -0.25) is 19.2 Å². The number of aliphatic carboxylic acids is 1. The molecule has 4 aliphatic carbocycles. The van der Waals surface area contributed by atoms with Gasteiger partial charge >= 0.3 is 11.9 Å². The Hall–Kier alpha value is -2.32. The van der Waals surface area contributed by atoms with Gasteiger partial charge in [-0.1, -0.05) is 25.5 Å². The summed E-state index contributed by atoms with van der Waals surface area (Å²) in [5.41, 5.74) is -1.99. The molecule has 0 aromatic carbocycles. The third-order valence-corrected chi connectivity index (χ3v) is 9.02. The van der Waals surface area contributed by atoms with Crippen LogP contribution in [0.2, 0.25) is 0 Å². The van der Waals surface area contributed by atoms with Gasteiger partial charge in [0.2, 0.25) is 5.78 Å². The van der Waals surface area contributed by atoms with Crippen LogP contribution in [0.5, 0.6) is 0 Å². The van der Waals surface area contributed by atoms with Crippen molar-refractivity contribution in [2.45, 2.75) is 70.5 Å². The predicted octanol–water partition coefficient (Wildman–Crippen LogP) is 1.97. The van der Waals surface area contributed by atoms with Gasteiger partial charge < -0.3 is 20.1 Å². The quantitative estimate of drug-likeness (QED) is 0.512. The molecular weight excluding hydrogens is 428 g/mol. The van der Waals surface area contributed by atoms with Crippen molar-refractivity contribution in [2.24, 2.45) is 28.6 Å². The van der Waals surface area contributed by atoms with Gasteiger partial charge in [0.05, 0.1) is 18.9 Å². The van der Waals surface area contributed by atoms with E-state index in [4.69, 9.17) is 9.84 Å². The number of hydrogen-bond donors (Lipinski definition) is 3. The van der Waals surface area contributed by atoms with Gasteiger partial charge in [-0.2, -0.15) is 0 Å². The smallest absolute Gasteiger partial charge is 0.306 e. The molecule has 0 bridgehead atoms. The monoisotopic (exact) mass is 460 g/mol. The molecule has 3 saturated carbocycles. The zero-order valence-electron chi connectivity index (χ0n) is 19.1. The summed E-state index contributed by atoms with van der Waals surface area (Å²) in [7, 11) is 0. The van der Waals surface area contributed by atoms with Crippen LogP contribution in [-0.2, 0) is 23.9 Å². The lowest BCUT2D eigenvalue weighted by Gasteiger charge is -2.59. The Morgan fingerprint density at radius 3 is 2.61 bits per heavy atom. The summed E-state index contributed by atoms with van der Waals surface area (Å²) < 4.78 is 4.96. The van der Waals surface area contributed by atoms with E-state index in [1.54, 1.807) is 12.2 Å². The van der Waals surface area contributed by atoms with Crippen LogP contribution in [0.3, 0.4) is 0 Å². The van der Waals surface area contributed by atoms with Crippen molar-refractivity contribution < 1.29 is 39.2 Å². The molecule has 8 heteroatoms. The second kappa shape index (κ2) is 8.17. The molecule has 0 radical (unpaired) electrons. The van der Waals surface area contributed by atoms with Crippen molar-refractivity contribution in [2.75, 3.05) is 6.61 Å². The van der Waals surface area contributed by atoms with Crippen LogP contribution in [0.1, 0.15) is 58.8 Å². The van der Waals surface area contributed by atoms with Crippen LogP contribution >= 0.6 is 0 Å². The number of aliphatic hydroxyl groups is 2. The van der Waals surface area contributed by atoms with Crippen molar-refractivity contribution in [3.63, 3.8) is 0 Å². The van der Waals surface area contributed by atoms with E-state index in [2.05, 4.69) is 6.92 Å². The molecule has 0 saturated heterocycles. The standard InChI is InChI=1S/C25H32O8/c1-23-9-7-15(26)11-14(23)3-4-16-17-8-10-25(32,24(17,2)12-18(27)22(16)23)19(28)13-33-21(31)6-5-20(29)30/h7,9,11,16-18,22,27,32H,3-6,8,10,12-13H2,1-2H3,(H,29,30)/t16?,17?,18-,22?,23?,24?,25-/m0/s1. The molecule has 4 aliphatic rings. The number of carboxylic acids is 1. The number of fused-ring (bicyclic) bond motifs is 5. The average Bonchev–Trinajstić information content (AvgIpc) is 3.02. The van der Waals surface area contributed by atoms with Crippen molar-refractivity contribution in [1.29, 1.82) is 0 Å². The number of ketones is 2. The van der Waals surface area contributed by atoms with E-state index in [9.17, 15) is 29.4 Å². The summed E-state index contributed by atoms with van der Waals surface area (Å²) in [6, 6.07) is 0. The fraction of sp³-hybridized carbons (Fsp3) is 0.680. The maximum absolute atomic E-state index is 13.1. The molecule has 0 aliphatic heterocycles. The van der Waals surface area contributed by atoms with E-state index in [0.29, 0.717) is 6.42 Å². The van der Waals surface area contributed by atoms with Crippen LogP contribution in [0, 0.1) is 28.6 Å². The molecular formula is C25H32O8. The highest BCUT2D eigenvalue weighted by Crippen LogP contribution is 2.67. The molecule has 0 heterocycles. The van der Waals surface area contributed by atoms with Crippen LogP contribution in [-0.4, -0.2) is 57.1 Å². The molecule has 0 aromatic heterocycles. The Balaban J connectivity index is 1.53. The van der Waals surface area contributed by atoms with E-state index in [1.165, 1.54) is 0 Å². The first kappa shape index (κ1) is 23.8. The first-order valence-electron chi connectivity index (χ1n) is 11.7. The summed E-state index contributed by atoms with van der Waals surface area (Å²) in [6.45, 7) is 3.30. The predicted molar refractivity (Wildman–Crippen MR) is 116 cm³/mol. The topological polar surface area (TPSA) is 138 Å². The fourth-order valence-electron chi connectivity index (χ4n) is 7.34. The van der Waals surface area contributed by atoms with Gasteiger partial charge in [-0.25, -0.2) is 0 Å². The van der Waals surface area contributed by atoms with Gasteiger partial charge in [0.15, 0.2) is 12.4 Å². The Morgan fingerprint density at radius 1 is 1.18 bits per heavy atom. The summed E-state index contributed by atoms with van der Waals surface area (Å²) in [5.74, 6) is -2.58. The highest BCUT2D eigenvalue weighted by atomic mass is 16.5. The highest BCUT2D eigenvalue weighted by Gasteiger charge is 2.68. The molecule has 0 spiro atoms. The number of hydrogen-bond acceptors (Lipinski definition) is 7. The number of aliphatic hydroxyl groups excluding tert-OH is 1. The normalized spacial score (nSPS) is 41.5. The number of carbonyl (C=O) groups excluding carboxylic acids is 3. The van der Waals surface area contributed by atoms with Crippen LogP contribution in [0.15, 0.2) is 23.8 Å². The largest absolute Gasteiger partial charge is 0.481 e. The molecule has 4 rings (SSSR count). The van der Waals surface area contributed by atoms with Crippen LogP contribution < -0.4 is 0 Å². The second-order valence-corrected chi connectivity index (χ2v) is 10.6. The molecule has 3 fully saturated rings. The Kier molecular flexibility index (Phi) is 5.90. The number of esters is 1. The second-order valence-electron chi connectivity index (χ2n) is 10.6. The maximum Gasteiger partial charge on any atom is 0.306 e. The van der Waals surface area contributed by atoms with Gasteiger partial charge in [0.25, 0.3) is 0 Å². The number of carboxylic acid groups (broad SMARTS) is 1. The average molecular weight is 461 g/mol. The van der Waals surface area contributed by atoms with E-state index >= 15 is 0 Å². The van der Waals surface area contributed by atoms with E-state index in [0.717, 1.165) is 18.4 Å². The number of allylic oxidation sites excluding steroid dienone is 4. The van der Waals surface area contributed by atoms with Crippen LogP contribution in [0.4, 0.5) is 0 Å². The molecule has 7 atom stereocenters. The lowest BCUT2D eigenvalue weighted by Crippen LogP contribution is -2.61. The lowest BCUT2D eigenvalue weighted by atomic mass is 9.46. The Bertz CT molecular complexity index is 950. The lowest BCUT2D eigenvalue weighted by molar-refractivity contribution is -0.181. The molecule has 5 unspecified atom stereocenters. The number of ether oxygens (including phenoxy) is 1. The molecule has 0 aromatic rings. The van der Waals surface area contributed by atoms with Crippen molar-refractivity contribution in [3.05, 3.63) is 23.8 Å². The maximum atomic E-state index is 13.1. The van der Waals surface area contributed by atoms with Gasteiger partial charge in [-0.15, -0.1) is 0 Å². The molecule has 3 N–H and O–H groups in total. The van der Waals surface area contributed by atoms with Gasteiger partial charge in [-0.05, 0) is 56.1 Å². The molecule has 0 amide bonds. The summed E-state index contributed by atoms with van der Waals surface area (Å²) in [6.07, 6.45) is 6.27. The van der Waals surface area contributed by atoms with Crippen molar-refractivity contribution in [1.82, 2.24) is 0 Å². The SMILES string of the molecule is CC12C=CC(=O)C=C1CCC1C2[C@@H](O)CC2(C)C1CC[C@]2(O)C(=O)COC(=O)CCC(=O)O. The fourth-order valence-corrected chi connectivity index (χ4v) is 7.34. The zero-order chi connectivity index (χ0) is 24.2. The summed E-state index contributed by atoms with van der Waals surface area (Å²) in [5, 5.41) is 31.6. The summed E-state index contributed by atoms with van der Waals surface area (Å²) in [4.78, 5) is 47.4. The van der Waals surface area contributed by atoms with E-state index in [-0.39, 0.29) is 49.2 Å². The van der Waals surface area contributed by atoms with E-state index < -0.39 is 46.9 Å². The van der Waals surface area contributed by atoms with Gasteiger partial charge in [0, 0.05) is 16.7 Å². The highest BCUT2D eigenvalue weighted by molar-refractivity contribution is 6.01. The van der Waals surface area contributed by atoms with Gasteiger partial charge in [0.1, 0.15) is 5.60 Å². The minimum Gasteiger partial charge on any atom is -0.481 e. The Morgan fingerprint density at radius 2 is 1.91 bits per heavy atom. The minimum absolute atomic E-state index is 0.00645. The Labute approximate surface area is 192 Å². The number of Topliss-reactive ketones (excluding diaryl/α,β-unsaturated/α-hetero) is 1. The molecule has 180 valence electrons. The molecule has 33 heavy (non-hydrogen) atoms. The third kappa shape index (κ3) is 3.67. The number of rotatable bonds is 6. The third-order valence-electron chi connectivity index (χ3n) is 9.02. The van der Waals surface area contributed by atoms with Crippen molar-refractivity contribution >= 4 is 23.5 Å². The molecule has 8 nitrogen and oxygen atoms in total. The summed E-state index contributed by atoms with van der Waals surface area (Å²) >= 11 is 0. The van der Waals surface area contributed by atoms with Crippen LogP contribution in [0.25, 0.3) is 0 Å². The van der Waals surface area contributed by atoms with Crippen molar-refractivity contribution in [3.8, 4) is 0 Å².